The normalized spacial score (nSPS) is 21.1. The molecule has 1 aliphatic heterocycles. The van der Waals surface area contributed by atoms with E-state index in [0.717, 1.165) is 5.39 Å². The minimum atomic E-state index is -3.69. The number of sulfonamides is 1. The topological polar surface area (TPSA) is 99.3 Å². The van der Waals surface area contributed by atoms with E-state index in [2.05, 4.69) is 15.4 Å². The van der Waals surface area contributed by atoms with E-state index in [9.17, 15) is 13.2 Å². The van der Waals surface area contributed by atoms with Crippen molar-refractivity contribution in [1.29, 1.82) is 0 Å². The van der Waals surface area contributed by atoms with E-state index in [1.165, 1.54) is 10.5 Å². The molecule has 1 aliphatic rings. The Morgan fingerprint density at radius 2 is 1.75 bits per heavy atom. The number of carbonyl (C=O) groups excluding carboxylic acids is 1. The second kappa shape index (κ2) is 6.99. The molecule has 146 valence electrons. The highest BCUT2D eigenvalue weighted by atomic mass is 32.2. The molecule has 1 N–H and O–H groups in total. The van der Waals surface area contributed by atoms with E-state index in [1.54, 1.807) is 17.0 Å². The van der Waals surface area contributed by atoms with Crippen LogP contribution in [0.3, 0.4) is 0 Å². The summed E-state index contributed by atoms with van der Waals surface area (Å²) in [4.78, 5) is 14.7. The number of piperazine rings is 1. The van der Waals surface area contributed by atoms with Crippen LogP contribution >= 0.6 is 0 Å². The van der Waals surface area contributed by atoms with Crippen molar-refractivity contribution < 1.29 is 13.2 Å². The Balaban J connectivity index is 1.65. The quantitative estimate of drug-likeness (QED) is 0.725. The van der Waals surface area contributed by atoms with Gasteiger partial charge in [-0.05, 0) is 25.3 Å². The minimum Gasteiger partial charge on any atom is -0.329 e. The van der Waals surface area contributed by atoms with Gasteiger partial charge in [0.2, 0.25) is 10.0 Å². The van der Waals surface area contributed by atoms with E-state index in [-0.39, 0.29) is 31.1 Å². The largest absolute Gasteiger partial charge is 0.329 e. The molecule has 0 radical (unpaired) electrons. The van der Waals surface area contributed by atoms with E-state index in [0.29, 0.717) is 16.0 Å². The Kier molecular flexibility index (Phi) is 4.64. The van der Waals surface area contributed by atoms with Gasteiger partial charge in [-0.3, -0.25) is 9.89 Å². The predicted octanol–water partition coefficient (Wildman–Crippen LogP) is 1.88. The van der Waals surface area contributed by atoms with Gasteiger partial charge in [0.1, 0.15) is 5.69 Å². The predicted molar refractivity (Wildman–Crippen MR) is 104 cm³/mol. The number of carbonyl (C=O) groups is 1. The second-order valence-corrected chi connectivity index (χ2v) is 8.99. The molecule has 0 saturated carbocycles. The lowest BCUT2D eigenvalue weighted by Crippen LogP contribution is -2.59. The van der Waals surface area contributed by atoms with Gasteiger partial charge in [0.15, 0.2) is 0 Å². The Bertz CT molecular complexity index is 1100. The first-order valence-electron chi connectivity index (χ1n) is 9.06. The summed E-state index contributed by atoms with van der Waals surface area (Å²) in [6, 6.07) is 12.2. The molecule has 2 heterocycles. The molecule has 2 atom stereocenters. The Morgan fingerprint density at radius 1 is 1.07 bits per heavy atom. The second-order valence-electron chi connectivity index (χ2n) is 7.08. The van der Waals surface area contributed by atoms with Crippen LogP contribution in [-0.2, 0) is 10.0 Å². The van der Waals surface area contributed by atoms with Crippen LogP contribution in [-0.4, -0.2) is 64.1 Å². The molecular formula is C19H21N5O3S. The summed E-state index contributed by atoms with van der Waals surface area (Å²) in [6.07, 6.45) is 1.38. The van der Waals surface area contributed by atoms with Crippen molar-refractivity contribution >= 4 is 26.7 Å². The summed E-state index contributed by atoms with van der Waals surface area (Å²) >= 11 is 0. The number of benzene rings is 2. The van der Waals surface area contributed by atoms with Gasteiger partial charge in [0, 0.05) is 30.6 Å². The fraction of sp³-hybridized carbons (Fsp3) is 0.316. The van der Waals surface area contributed by atoms with Crippen molar-refractivity contribution in [1.82, 2.24) is 24.6 Å². The molecule has 0 bridgehead atoms. The summed E-state index contributed by atoms with van der Waals surface area (Å²) in [7, 11) is -3.69. The van der Waals surface area contributed by atoms with Gasteiger partial charge in [-0.15, -0.1) is 5.10 Å². The molecule has 8 nitrogen and oxygen atoms in total. The van der Waals surface area contributed by atoms with E-state index in [1.807, 2.05) is 44.2 Å². The molecule has 9 heteroatoms. The van der Waals surface area contributed by atoms with E-state index < -0.39 is 10.0 Å². The molecule has 1 fully saturated rings. The number of nitrogens with one attached hydrogen (secondary N) is 1. The summed E-state index contributed by atoms with van der Waals surface area (Å²) in [6.45, 7) is 4.15. The standard InChI is InChI=1S/C19H21N5O3S/c1-13-11-23(12-14(2)24(13)19(25)17-10-20-22-21-17)28(26,27)18-9-5-7-15-6-3-4-8-16(15)18/h3-10,13-14H,11-12H2,1-2H3,(H,20,21,22)/t13-,14+. The molecule has 28 heavy (non-hydrogen) atoms. The number of hydrogen-bond acceptors (Lipinski definition) is 5. The smallest absolute Gasteiger partial charge is 0.274 e. The van der Waals surface area contributed by atoms with Crippen LogP contribution in [0.25, 0.3) is 10.8 Å². The van der Waals surface area contributed by atoms with Crippen LogP contribution in [0.4, 0.5) is 0 Å². The molecule has 1 saturated heterocycles. The van der Waals surface area contributed by atoms with Crippen LogP contribution in [0.1, 0.15) is 24.3 Å². The van der Waals surface area contributed by atoms with Crippen LogP contribution in [0.2, 0.25) is 0 Å². The SMILES string of the molecule is C[C@@H]1CN(S(=O)(=O)c2cccc3ccccc23)C[C@H](C)N1C(=O)c1cnn[nH]1. The number of hydrogen-bond donors (Lipinski definition) is 1. The zero-order chi connectivity index (χ0) is 19.9. The Morgan fingerprint density at radius 3 is 2.43 bits per heavy atom. The van der Waals surface area contributed by atoms with Gasteiger partial charge in [-0.2, -0.15) is 4.31 Å². The van der Waals surface area contributed by atoms with Gasteiger partial charge in [0.25, 0.3) is 5.91 Å². The van der Waals surface area contributed by atoms with Gasteiger partial charge < -0.3 is 4.90 Å². The van der Waals surface area contributed by atoms with Crippen LogP contribution in [0, 0.1) is 0 Å². The van der Waals surface area contributed by atoms with Crippen molar-refractivity contribution in [3.63, 3.8) is 0 Å². The third-order valence-corrected chi connectivity index (χ3v) is 7.02. The molecule has 0 unspecified atom stereocenters. The number of aromatic nitrogens is 3. The van der Waals surface area contributed by atoms with Gasteiger partial charge in [-0.1, -0.05) is 41.6 Å². The average Bonchev–Trinajstić information content (AvgIpc) is 3.21. The van der Waals surface area contributed by atoms with Crippen LogP contribution in [0.5, 0.6) is 0 Å². The maximum atomic E-state index is 13.4. The highest BCUT2D eigenvalue weighted by Gasteiger charge is 2.39. The van der Waals surface area contributed by atoms with Crippen molar-refractivity contribution in [2.75, 3.05) is 13.1 Å². The van der Waals surface area contributed by atoms with Gasteiger partial charge >= 0.3 is 0 Å². The van der Waals surface area contributed by atoms with Crippen molar-refractivity contribution in [3.8, 4) is 0 Å². The highest BCUT2D eigenvalue weighted by molar-refractivity contribution is 7.89. The third-order valence-electron chi connectivity index (χ3n) is 5.13. The molecule has 3 aromatic rings. The zero-order valence-electron chi connectivity index (χ0n) is 15.6. The molecule has 0 spiro atoms. The van der Waals surface area contributed by atoms with Gasteiger partial charge in [0.05, 0.1) is 11.1 Å². The fourth-order valence-electron chi connectivity index (χ4n) is 3.87. The van der Waals surface area contributed by atoms with Crippen LogP contribution < -0.4 is 0 Å². The monoisotopic (exact) mass is 399 g/mol. The lowest BCUT2D eigenvalue weighted by atomic mass is 10.1. The molecule has 2 aromatic carbocycles. The van der Waals surface area contributed by atoms with E-state index in [4.69, 9.17) is 0 Å². The number of amides is 1. The maximum Gasteiger partial charge on any atom is 0.274 e. The molecule has 4 rings (SSSR count). The lowest BCUT2D eigenvalue weighted by molar-refractivity contribution is 0.0435. The molecular weight excluding hydrogens is 378 g/mol. The van der Waals surface area contributed by atoms with E-state index >= 15 is 0 Å². The minimum absolute atomic E-state index is 0.225. The van der Waals surface area contributed by atoms with Gasteiger partial charge in [-0.25, -0.2) is 8.42 Å². The lowest BCUT2D eigenvalue weighted by Gasteiger charge is -2.43. The third kappa shape index (κ3) is 3.06. The summed E-state index contributed by atoms with van der Waals surface area (Å²) in [5, 5.41) is 11.4. The number of fused-ring (bicyclic) bond motifs is 1. The number of H-pyrrole nitrogens is 1. The Labute approximate surface area is 163 Å². The summed E-state index contributed by atoms with van der Waals surface area (Å²) in [5.41, 5.74) is 0.295. The average molecular weight is 399 g/mol. The first kappa shape index (κ1) is 18.6. The number of aromatic amines is 1. The van der Waals surface area contributed by atoms with Crippen LogP contribution in [0.15, 0.2) is 53.6 Å². The summed E-state index contributed by atoms with van der Waals surface area (Å²) in [5.74, 6) is -0.229. The van der Waals surface area contributed by atoms with Crippen molar-refractivity contribution in [2.45, 2.75) is 30.8 Å². The molecule has 0 aliphatic carbocycles. The Hall–Kier alpha value is -2.78. The number of nitrogens with zero attached hydrogens (tertiary/aromatic N) is 4. The molecule has 1 amide bonds. The highest BCUT2D eigenvalue weighted by Crippen LogP contribution is 2.29. The number of rotatable bonds is 3. The summed E-state index contributed by atoms with van der Waals surface area (Å²) < 4.78 is 28.3. The van der Waals surface area contributed by atoms with Crippen molar-refractivity contribution in [2.24, 2.45) is 0 Å². The zero-order valence-corrected chi connectivity index (χ0v) is 16.4. The van der Waals surface area contributed by atoms with Crippen molar-refractivity contribution in [3.05, 3.63) is 54.4 Å². The maximum absolute atomic E-state index is 13.4. The first-order chi connectivity index (χ1) is 13.4. The molecule has 1 aromatic heterocycles. The fourth-order valence-corrected chi connectivity index (χ4v) is 5.69. The first-order valence-corrected chi connectivity index (χ1v) is 10.5.